The lowest BCUT2D eigenvalue weighted by atomic mass is 9.98. The highest BCUT2D eigenvalue weighted by Gasteiger charge is 2.23. The van der Waals surface area contributed by atoms with Crippen molar-refractivity contribution in [2.45, 2.75) is 39.3 Å². The minimum absolute atomic E-state index is 0.0144. The van der Waals surface area contributed by atoms with Gasteiger partial charge in [0.1, 0.15) is 11.3 Å². The van der Waals surface area contributed by atoms with Crippen molar-refractivity contribution < 1.29 is 13.9 Å². The molecule has 2 atom stereocenters. The number of hydrogen-bond acceptors (Lipinski definition) is 6. The second kappa shape index (κ2) is 9.95. The maximum absolute atomic E-state index is 13.4. The van der Waals surface area contributed by atoms with E-state index in [-0.39, 0.29) is 23.4 Å². The maximum Gasteiger partial charge on any atom is 0.272 e. The van der Waals surface area contributed by atoms with Crippen LogP contribution in [-0.2, 0) is 4.74 Å². The van der Waals surface area contributed by atoms with Crippen LogP contribution in [0, 0.1) is 13.8 Å². The number of aryl methyl sites for hydroxylation is 1. The molecule has 1 saturated heterocycles. The van der Waals surface area contributed by atoms with Gasteiger partial charge in [0.05, 0.1) is 29.8 Å². The van der Waals surface area contributed by atoms with Crippen molar-refractivity contribution in [3.63, 3.8) is 0 Å². The molecule has 1 aliphatic heterocycles. The van der Waals surface area contributed by atoms with Crippen LogP contribution in [0.3, 0.4) is 0 Å². The summed E-state index contributed by atoms with van der Waals surface area (Å²) in [5, 5.41) is 6.97. The number of nitrogens with one attached hydrogen (secondary N) is 2. The lowest BCUT2D eigenvalue weighted by Gasteiger charge is -2.20. The molecule has 3 heterocycles. The molecule has 0 saturated carbocycles. The van der Waals surface area contributed by atoms with Crippen LogP contribution in [0.25, 0.3) is 22.3 Å². The molecule has 184 valence electrons. The van der Waals surface area contributed by atoms with E-state index in [0.29, 0.717) is 46.9 Å². The first kappa shape index (κ1) is 23.8. The van der Waals surface area contributed by atoms with E-state index >= 15 is 0 Å². The van der Waals surface area contributed by atoms with E-state index in [1.54, 1.807) is 19.2 Å². The van der Waals surface area contributed by atoms with Gasteiger partial charge in [-0.1, -0.05) is 36.4 Å². The molecule has 5 rings (SSSR count). The summed E-state index contributed by atoms with van der Waals surface area (Å²) in [5.41, 5.74) is 4.62. The van der Waals surface area contributed by atoms with E-state index in [4.69, 9.17) is 9.15 Å². The van der Waals surface area contributed by atoms with E-state index in [2.05, 4.69) is 15.6 Å². The van der Waals surface area contributed by atoms with Gasteiger partial charge in [-0.2, -0.15) is 0 Å². The Morgan fingerprint density at radius 3 is 2.67 bits per heavy atom. The molecule has 4 aromatic rings. The van der Waals surface area contributed by atoms with Gasteiger partial charge in [0, 0.05) is 29.5 Å². The molecular weight excluding hydrogens is 454 g/mol. The fourth-order valence-electron chi connectivity index (χ4n) is 4.67. The molecule has 2 aromatic carbocycles. The van der Waals surface area contributed by atoms with Gasteiger partial charge in [0.2, 0.25) is 0 Å². The number of fused-ring (bicyclic) bond motifs is 1. The first-order chi connectivity index (χ1) is 17.4. The zero-order valence-corrected chi connectivity index (χ0v) is 20.6. The van der Waals surface area contributed by atoms with Crippen molar-refractivity contribution in [3.05, 3.63) is 93.4 Å². The average Bonchev–Trinajstić information content (AvgIpc) is 3.40. The number of benzene rings is 2. The Labute approximate surface area is 209 Å². The number of amides is 1. The second-order valence-corrected chi connectivity index (χ2v) is 9.28. The molecule has 2 aromatic heterocycles. The molecule has 0 bridgehead atoms. The Balaban J connectivity index is 1.54. The standard InChI is InChI=1S/C29H29N3O4/c1-17-14-22(28-23(15-17)26(33)18(2)27(36-28)20-8-5-4-6-9-20)19(3)31-24-10-7-12-30-25(24)29(34)32-21-11-13-35-16-21/h4-10,12,14-15,19,21,31H,11,13,16H2,1-3H3,(H,32,34)/t19?,21-/m1/s1. The first-order valence-corrected chi connectivity index (χ1v) is 12.2. The lowest BCUT2D eigenvalue weighted by Crippen LogP contribution is -2.36. The Morgan fingerprint density at radius 2 is 1.92 bits per heavy atom. The van der Waals surface area contributed by atoms with Crippen LogP contribution in [0.15, 0.2) is 70.0 Å². The number of ether oxygens (including phenoxy) is 1. The summed E-state index contributed by atoms with van der Waals surface area (Å²) < 4.78 is 11.8. The molecule has 1 unspecified atom stereocenters. The van der Waals surface area contributed by atoms with Crippen LogP contribution in [0.4, 0.5) is 5.69 Å². The molecule has 36 heavy (non-hydrogen) atoms. The first-order valence-electron chi connectivity index (χ1n) is 12.2. The Bertz CT molecular complexity index is 1470. The van der Waals surface area contributed by atoms with Crippen LogP contribution in [0.2, 0.25) is 0 Å². The molecule has 1 aliphatic rings. The third kappa shape index (κ3) is 4.62. The number of carbonyl (C=O) groups is 1. The zero-order chi connectivity index (χ0) is 25.2. The molecule has 0 aliphatic carbocycles. The van der Waals surface area contributed by atoms with Crippen molar-refractivity contribution in [2.24, 2.45) is 0 Å². The highest BCUT2D eigenvalue weighted by Crippen LogP contribution is 2.32. The number of nitrogens with zero attached hydrogens (tertiary/aromatic N) is 1. The number of aromatic nitrogens is 1. The van der Waals surface area contributed by atoms with Crippen LogP contribution < -0.4 is 16.1 Å². The molecule has 7 heteroatoms. The van der Waals surface area contributed by atoms with Crippen molar-refractivity contribution in [1.29, 1.82) is 0 Å². The third-order valence-electron chi connectivity index (χ3n) is 6.55. The summed E-state index contributed by atoms with van der Waals surface area (Å²) in [5.74, 6) is 0.314. The Kier molecular flexibility index (Phi) is 6.57. The van der Waals surface area contributed by atoms with E-state index in [1.165, 1.54) is 0 Å². The van der Waals surface area contributed by atoms with Crippen molar-refractivity contribution in [3.8, 4) is 11.3 Å². The Morgan fingerprint density at radius 1 is 1.11 bits per heavy atom. The van der Waals surface area contributed by atoms with Crippen LogP contribution in [0.1, 0.15) is 46.6 Å². The van der Waals surface area contributed by atoms with Crippen molar-refractivity contribution >= 4 is 22.6 Å². The normalized spacial score (nSPS) is 16.1. The highest BCUT2D eigenvalue weighted by atomic mass is 16.5. The fraction of sp³-hybridized carbons (Fsp3) is 0.276. The van der Waals surface area contributed by atoms with Crippen molar-refractivity contribution in [2.75, 3.05) is 18.5 Å². The molecular formula is C29H29N3O4. The van der Waals surface area contributed by atoms with Gasteiger partial charge in [-0.15, -0.1) is 0 Å². The molecule has 7 nitrogen and oxygen atoms in total. The van der Waals surface area contributed by atoms with E-state index in [1.807, 2.05) is 62.4 Å². The summed E-state index contributed by atoms with van der Waals surface area (Å²) in [6.45, 7) is 6.89. The summed E-state index contributed by atoms with van der Waals surface area (Å²) in [7, 11) is 0. The van der Waals surface area contributed by atoms with E-state index in [9.17, 15) is 9.59 Å². The monoisotopic (exact) mass is 483 g/mol. The number of pyridine rings is 1. The van der Waals surface area contributed by atoms with Crippen LogP contribution >= 0.6 is 0 Å². The minimum Gasteiger partial charge on any atom is -0.455 e. The predicted octanol–water partition coefficient (Wildman–Crippen LogP) is 5.16. The predicted molar refractivity (Wildman–Crippen MR) is 140 cm³/mol. The van der Waals surface area contributed by atoms with Gasteiger partial charge >= 0.3 is 0 Å². The summed E-state index contributed by atoms with van der Waals surface area (Å²) >= 11 is 0. The third-order valence-corrected chi connectivity index (χ3v) is 6.55. The summed E-state index contributed by atoms with van der Waals surface area (Å²) in [6.07, 6.45) is 2.39. The van der Waals surface area contributed by atoms with E-state index < -0.39 is 0 Å². The van der Waals surface area contributed by atoms with Gasteiger partial charge in [0.15, 0.2) is 11.1 Å². The molecule has 0 radical (unpaired) electrons. The van der Waals surface area contributed by atoms with Gasteiger partial charge in [0.25, 0.3) is 5.91 Å². The van der Waals surface area contributed by atoms with Crippen LogP contribution in [0.5, 0.6) is 0 Å². The van der Waals surface area contributed by atoms with Crippen LogP contribution in [-0.4, -0.2) is 30.1 Å². The molecule has 0 spiro atoms. The Hall–Kier alpha value is -3.97. The minimum atomic E-state index is -0.271. The average molecular weight is 484 g/mol. The fourth-order valence-corrected chi connectivity index (χ4v) is 4.67. The molecule has 1 amide bonds. The maximum atomic E-state index is 13.4. The van der Waals surface area contributed by atoms with Gasteiger partial charge < -0.3 is 19.8 Å². The van der Waals surface area contributed by atoms with Crippen molar-refractivity contribution in [1.82, 2.24) is 10.3 Å². The highest BCUT2D eigenvalue weighted by molar-refractivity contribution is 5.98. The van der Waals surface area contributed by atoms with Gasteiger partial charge in [-0.25, -0.2) is 4.98 Å². The largest absolute Gasteiger partial charge is 0.455 e. The quantitative estimate of drug-likeness (QED) is 0.393. The SMILES string of the molecule is Cc1cc(C(C)Nc2cccnc2C(=O)N[C@@H]2CCOC2)c2oc(-c3ccccc3)c(C)c(=O)c2c1. The molecule has 1 fully saturated rings. The lowest BCUT2D eigenvalue weighted by molar-refractivity contribution is 0.0925. The topological polar surface area (TPSA) is 93.5 Å². The summed E-state index contributed by atoms with van der Waals surface area (Å²) in [4.78, 5) is 30.7. The number of hydrogen-bond donors (Lipinski definition) is 2. The number of carbonyl (C=O) groups excluding carboxylic acids is 1. The van der Waals surface area contributed by atoms with E-state index in [0.717, 1.165) is 23.1 Å². The zero-order valence-electron chi connectivity index (χ0n) is 20.6. The van der Waals surface area contributed by atoms with Gasteiger partial charge in [-0.3, -0.25) is 9.59 Å². The molecule has 2 N–H and O–H groups in total. The summed E-state index contributed by atoms with van der Waals surface area (Å²) in [6, 6.07) is 16.9. The smallest absolute Gasteiger partial charge is 0.272 e. The number of rotatable bonds is 6. The number of anilines is 1. The second-order valence-electron chi connectivity index (χ2n) is 9.28. The van der Waals surface area contributed by atoms with Gasteiger partial charge in [-0.05, 0) is 51.0 Å².